The first-order chi connectivity index (χ1) is 14.2. The topological polar surface area (TPSA) is 63.3 Å². The van der Waals surface area contributed by atoms with Gasteiger partial charge in [0.25, 0.3) is 0 Å². The summed E-state index contributed by atoms with van der Waals surface area (Å²) in [5, 5.41) is 0.922. The van der Waals surface area contributed by atoms with Crippen LogP contribution in [-0.2, 0) is 10.5 Å². The zero-order valence-corrected chi connectivity index (χ0v) is 17.9. The number of rotatable bonds is 9. The summed E-state index contributed by atoms with van der Waals surface area (Å²) < 4.78 is 11.0. The van der Waals surface area contributed by atoms with E-state index in [-0.39, 0.29) is 0 Å². The highest BCUT2D eigenvalue weighted by atomic mass is 32.2. The van der Waals surface area contributed by atoms with Crippen molar-refractivity contribution < 1.29 is 9.47 Å². The molecule has 1 fully saturated rings. The lowest BCUT2D eigenvalue weighted by atomic mass is 10.2. The molecule has 0 atom stereocenters. The van der Waals surface area contributed by atoms with Gasteiger partial charge in [-0.05, 0) is 44.0 Å². The number of hydrogen-bond donors (Lipinski definition) is 1. The Kier molecular flexibility index (Phi) is 6.56. The van der Waals surface area contributed by atoms with Gasteiger partial charge in [0.05, 0.1) is 23.3 Å². The SMILES string of the molecule is COCCCOc1ccnc(CSc2nc3cc(N4CCCC4)ccc3[nH]2)c1C. The van der Waals surface area contributed by atoms with Crippen LogP contribution in [-0.4, -0.2) is 48.4 Å². The van der Waals surface area contributed by atoms with Crippen LogP contribution in [0.2, 0.25) is 0 Å². The second-order valence-electron chi connectivity index (χ2n) is 7.30. The number of imidazole rings is 1. The molecule has 0 aliphatic carbocycles. The Hall–Kier alpha value is -2.25. The molecule has 3 aromatic rings. The van der Waals surface area contributed by atoms with Crippen LogP contribution in [0, 0.1) is 6.92 Å². The molecule has 3 heterocycles. The van der Waals surface area contributed by atoms with Gasteiger partial charge in [-0.15, -0.1) is 0 Å². The lowest BCUT2D eigenvalue weighted by molar-refractivity contribution is 0.172. The Bertz CT molecular complexity index is 953. The molecule has 0 radical (unpaired) electrons. The quantitative estimate of drug-likeness (QED) is 0.410. The van der Waals surface area contributed by atoms with Crippen LogP contribution >= 0.6 is 11.8 Å². The van der Waals surface area contributed by atoms with Crippen LogP contribution in [0.5, 0.6) is 5.75 Å². The Morgan fingerprint density at radius 1 is 1.17 bits per heavy atom. The summed E-state index contributed by atoms with van der Waals surface area (Å²) >= 11 is 1.67. The lowest BCUT2D eigenvalue weighted by Crippen LogP contribution is -2.17. The van der Waals surface area contributed by atoms with Crippen molar-refractivity contribution >= 4 is 28.5 Å². The molecular formula is C22H28N4O2S. The van der Waals surface area contributed by atoms with Gasteiger partial charge in [-0.3, -0.25) is 4.98 Å². The maximum Gasteiger partial charge on any atom is 0.166 e. The molecule has 154 valence electrons. The summed E-state index contributed by atoms with van der Waals surface area (Å²) in [4.78, 5) is 15.2. The molecule has 7 heteroatoms. The van der Waals surface area contributed by atoms with Crippen LogP contribution in [0.3, 0.4) is 0 Å². The minimum Gasteiger partial charge on any atom is -0.493 e. The third-order valence-corrected chi connectivity index (χ3v) is 6.16. The van der Waals surface area contributed by atoms with Gasteiger partial charge in [-0.1, -0.05) is 11.8 Å². The summed E-state index contributed by atoms with van der Waals surface area (Å²) in [6.45, 7) is 5.71. The number of benzene rings is 1. The average Bonchev–Trinajstić information content (AvgIpc) is 3.40. The van der Waals surface area contributed by atoms with Crippen molar-refractivity contribution in [3.8, 4) is 5.75 Å². The van der Waals surface area contributed by atoms with E-state index < -0.39 is 0 Å². The van der Waals surface area contributed by atoms with E-state index in [1.165, 1.54) is 18.5 Å². The van der Waals surface area contributed by atoms with Crippen LogP contribution in [0.4, 0.5) is 5.69 Å². The molecule has 1 aliphatic heterocycles. The first-order valence-electron chi connectivity index (χ1n) is 10.2. The van der Waals surface area contributed by atoms with Crippen molar-refractivity contribution in [3.63, 3.8) is 0 Å². The number of H-pyrrole nitrogens is 1. The predicted molar refractivity (Wildman–Crippen MR) is 118 cm³/mol. The van der Waals surface area contributed by atoms with Crippen molar-refractivity contribution in [3.05, 3.63) is 41.7 Å². The van der Waals surface area contributed by atoms with Gasteiger partial charge in [-0.25, -0.2) is 4.98 Å². The molecular weight excluding hydrogens is 384 g/mol. The van der Waals surface area contributed by atoms with E-state index in [0.29, 0.717) is 13.2 Å². The fraction of sp³-hybridized carbons (Fsp3) is 0.455. The van der Waals surface area contributed by atoms with Gasteiger partial charge in [-0.2, -0.15) is 0 Å². The van der Waals surface area contributed by atoms with E-state index in [1.54, 1.807) is 18.9 Å². The molecule has 6 nitrogen and oxygen atoms in total. The molecule has 0 bridgehead atoms. The molecule has 1 aromatic carbocycles. The Balaban J connectivity index is 1.41. The molecule has 0 amide bonds. The molecule has 29 heavy (non-hydrogen) atoms. The highest BCUT2D eigenvalue weighted by molar-refractivity contribution is 7.98. The first kappa shape index (κ1) is 20.0. The number of pyridine rings is 1. The highest BCUT2D eigenvalue weighted by Gasteiger charge is 2.14. The van der Waals surface area contributed by atoms with Crippen LogP contribution < -0.4 is 9.64 Å². The van der Waals surface area contributed by atoms with Crippen LogP contribution in [0.1, 0.15) is 30.5 Å². The van der Waals surface area contributed by atoms with Crippen molar-refractivity contribution in [2.24, 2.45) is 0 Å². The maximum atomic E-state index is 5.88. The number of thioether (sulfide) groups is 1. The highest BCUT2D eigenvalue weighted by Crippen LogP contribution is 2.29. The summed E-state index contributed by atoms with van der Waals surface area (Å²) in [5.74, 6) is 1.64. The van der Waals surface area contributed by atoms with Crippen LogP contribution in [0.15, 0.2) is 35.6 Å². The zero-order valence-electron chi connectivity index (χ0n) is 17.1. The number of nitrogens with zero attached hydrogens (tertiary/aromatic N) is 3. The minimum atomic E-state index is 0.647. The van der Waals surface area contributed by atoms with Gasteiger partial charge in [0.1, 0.15) is 5.75 Å². The molecule has 0 spiro atoms. The molecule has 1 N–H and O–H groups in total. The summed E-state index contributed by atoms with van der Waals surface area (Å²) in [6.07, 6.45) is 5.25. The number of ether oxygens (including phenoxy) is 2. The van der Waals surface area contributed by atoms with E-state index in [1.807, 2.05) is 12.3 Å². The molecule has 0 saturated carbocycles. The number of nitrogens with one attached hydrogen (secondary N) is 1. The number of hydrogen-bond acceptors (Lipinski definition) is 6. The number of aromatic amines is 1. The normalized spacial score (nSPS) is 14.1. The van der Waals surface area contributed by atoms with E-state index >= 15 is 0 Å². The van der Waals surface area contributed by atoms with Crippen molar-refractivity contribution in [1.29, 1.82) is 0 Å². The Morgan fingerprint density at radius 2 is 2.03 bits per heavy atom. The molecule has 2 aromatic heterocycles. The maximum absolute atomic E-state index is 5.88. The number of anilines is 1. The largest absolute Gasteiger partial charge is 0.493 e. The lowest BCUT2D eigenvalue weighted by Gasteiger charge is -2.16. The van der Waals surface area contributed by atoms with Crippen molar-refractivity contribution in [1.82, 2.24) is 15.0 Å². The zero-order chi connectivity index (χ0) is 20.1. The van der Waals surface area contributed by atoms with Gasteiger partial charge < -0.3 is 19.4 Å². The standard InChI is InChI=1S/C22H28N4O2S/c1-16-20(23-9-8-21(16)28-13-5-12-27-2)15-29-22-24-18-7-6-17(14-19(18)25-22)26-10-3-4-11-26/h6-9,14H,3-5,10-13,15H2,1-2H3,(H,24,25). The number of methoxy groups -OCH3 is 1. The fourth-order valence-corrected chi connectivity index (χ4v) is 4.50. The van der Waals surface area contributed by atoms with Gasteiger partial charge in [0, 0.05) is 56.4 Å². The molecule has 4 rings (SSSR count). The third kappa shape index (κ3) is 4.85. The predicted octanol–water partition coefficient (Wildman–Crippen LogP) is 4.57. The second-order valence-corrected chi connectivity index (χ2v) is 8.27. The van der Waals surface area contributed by atoms with Gasteiger partial charge in [0.15, 0.2) is 5.16 Å². The average molecular weight is 413 g/mol. The smallest absolute Gasteiger partial charge is 0.166 e. The van der Waals surface area contributed by atoms with Crippen molar-refractivity contribution in [2.75, 3.05) is 38.3 Å². The summed E-state index contributed by atoms with van der Waals surface area (Å²) in [7, 11) is 1.71. The second kappa shape index (κ2) is 9.50. The number of fused-ring (bicyclic) bond motifs is 1. The van der Waals surface area contributed by atoms with E-state index in [2.05, 4.69) is 40.0 Å². The Morgan fingerprint density at radius 3 is 2.86 bits per heavy atom. The third-order valence-electron chi connectivity index (χ3n) is 5.27. The Labute approximate surface area is 176 Å². The van der Waals surface area contributed by atoms with Crippen molar-refractivity contribution in [2.45, 2.75) is 37.1 Å². The first-order valence-corrected chi connectivity index (χ1v) is 11.2. The monoisotopic (exact) mass is 412 g/mol. The summed E-state index contributed by atoms with van der Waals surface area (Å²) in [5.41, 5.74) is 5.49. The van der Waals surface area contributed by atoms with E-state index in [9.17, 15) is 0 Å². The number of aromatic nitrogens is 3. The van der Waals surface area contributed by atoms with E-state index in [4.69, 9.17) is 14.5 Å². The molecule has 1 saturated heterocycles. The van der Waals surface area contributed by atoms with Crippen LogP contribution in [0.25, 0.3) is 11.0 Å². The molecule has 1 aliphatic rings. The van der Waals surface area contributed by atoms with E-state index in [0.717, 1.165) is 58.5 Å². The van der Waals surface area contributed by atoms with Gasteiger partial charge >= 0.3 is 0 Å². The molecule has 0 unspecified atom stereocenters. The fourth-order valence-electron chi connectivity index (χ4n) is 3.59. The van der Waals surface area contributed by atoms with Gasteiger partial charge in [0.2, 0.25) is 0 Å². The summed E-state index contributed by atoms with van der Waals surface area (Å²) in [6, 6.07) is 8.45. The minimum absolute atomic E-state index is 0.647.